The zero-order valence-electron chi connectivity index (χ0n) is 9.38. The Hall–Kier alpha value is -0.180. The van der Waals surface area contributed by atoms with Crippen molar-refractivity contribution < 1.29 is 0 Å². The van der Waals surface area contributed by atoms with Crippen LogP contribution in [0.5, 0.6) is 0 Å². The van der Waals surface area contributed by atoms with E-state index in [0.717, 1.165) is 13.0 Å². The summed E-state index contributed by atoms with van der Waals surface area (Å²) >= 11 is 1.91. The van der Waals surface area contributed by atoms with Crippen LogP contribution in [-0.4, -0.2) is 30.4 Å². The zero-order chi connectivity index (χ0) is 10.2. The summed E-state index contributed by atoms with van der Waals surface area (Å²) in [6.45, 7) is 3.27. The minimum Gasteiger partial charge on any atom is -0.370 e. The second kappa shape index (κ2) is 7.16. The molecule has 0 fully saturated rings. The highest BCUT2D eigenvalue weighted by molar-refractivity contribution is 7.98. The molecule has 1 aliphatic rings. The Bertz CT molecular complexity index is 180. The summed E-state index contributed by atoms with van der Waals surface area (Å²) in [5.41, 5.74) is 0. The van der Waals surface area contributed by atoms with Crippen LogP contribution in [0.2, 0.25) is 0 Å². The molecule has 0 saturated carbocycles. The predicted octanol–water partition coefficient (Wildman–Crippen LogP) is 2.69. The molecule has 0 spiro atoms. The lowest BCUT2D eigenvalue weighted by atomic mass is 10.2. The van der Waals surface area contributed by atoms with Crippen molar-refractivity contribution >= 4 is 17.6 Å². The summed E-state index contributed by atoms with van der Waals surface area (Å²) in [7, 11) is 0. The van der Waals surface area contributed by atoms with Crippen molar-refractivity contribution in [2.75, 3.05) is 18.6 Å². The third-order valence-electron chi connectivity index (χ3n) is 2.61. The van der Waals surface area contributed by atoms with E-state index in [-0.39, 0.29) is 0 Å². The molecule has 0 radical (unpaired) electrons. The standard InChI is InChI=1S/C11H22N2S/c1-3-10(9-14-2)13-11-7-5-4-6-8-12-11/h10H,3-9H2,1-2H3,(H,12,13). The van der Waals surface area contributed by atoms with Gasteiger partial charge in [-0.05, 0) is 25.5 Å². The van der Waals surface area contributed by atoms with Crippen LogP contribution >= 0.6 is 11.8 Å². The van der Waals surface area contributed by atoms with Crippen LogP contribution in [-0.2, 0) is 0 Å². The van der Waals surface area contributed by atoms with E-state index in [0.29, 0.717) is 6.04 Å². The van der Waals surface area contributed by atoms with Crippen molar-refractivity contribution in [3.63, 3.8) is 0 Å². The van der Waals surface area contributed by atoms with Crippen molar-refractivity contribution in [3.05, 3.63) is 0 Å². The van der Waals surface area contributed by atoms with Crippen LogP contribution in [0.15, 0.2) is 4.99 Å². The SMILES string of the molecule is CCC(CSC)NC1=NCCCCC1. The Balaban J connectivity index is 2.35. The molecule has 1 N–H and O–H groups in total. The third-order valence-corrected chi connectivity index (χ3v) is 3.34. The summed E-state index contributed by atoms with van der Waals surface area (Å²) in [5.74, 6) is 2.44. The van der Waals surface area contributed by atoms with E-state index in [1.165, 1.54) is 37.3 Å². The van der Waals surface area contributed by atoms with Crippen LogP contribution in [0.3, 0.4) is 0 Å². The van der Waals surface area contributed by atoms with E-state index in [1.54, 1.807) is 0 Å². The fourth-order valence-electron chi connectivity index (χ4n) is 1.69. The molecule has 82 valence electrons. The van der Waals surface area contributed by atoms with Gasteiger partial charge in [0, 0.05) is 24.8 Å². The van der Waals surface area contributed by atoms with Crippen LogP contribution in [0.4, 0.5) is 0 Å². The number of thioether (sulfide) groups is 1. The minimum atomic E-state index is 0.613. The lowest BCUT2D eigenvalue weighted by molar-refractivity contribution is 0.640. The molecule has 3 heteroatoms. The summed E-state index contributed by atoms with van der Waals surface area (Å²) in [4.78, 5) is 4.59. The van der Waals surface area contributed by atoms with Gasteiger partial charge in [0.2, 0.25) is 0 Å². The molecule has 0 aromatic rings. The van der Waals surface area contributed by atoms with Gasteiger partial charge in [-0.1, -0.05) is 13.3 Å². The molecule has 1 rings (SSSR count). The van der Waals surface area contributed by atoms with Crippen molar-refractivity contribution in [1.29, 1.82) is 0 Å². The van der Waals surface area contributed by atoms with Crippen molar-refractivity contribution in [1.82, 2.24) is 5.32 Å². The summed E-state index contributed by atoms with van der Waals surface area (Å²) in [6.07, 6.45) is 8.43. The molecule has 0 aromatic carbocycles. The molecule has 1 atom stereocenters. The second-order valence-corrected chi connectivity index (χ2v) is 4.75. The van der Waals surface area contributed by atoms with Gasteiger partial charge < -0.3 is 5.32 Å². The van der Waals surface area contributed by atoms with Crippen LogP contribution in [0, 0.1) is 0 Å². The molecule has 1 aliphatic heterocycles. The van der Waals surface area contributed by atoms with Crippen LogP contribution in [0.1, 0.15) is 39.0 Å². The Kier molecular flexibility index (Phi) is 6.08. The van der Waals surface area contributed by atoms with Crippen LogP contribution < -0.4 is 5.32 Å². The smallest absolute Gasteiger partial charge is 0.0965 e. The topological polar surface area (TPSA) is 24.4 Å². The van der Waals surface area contributed by atoms with Crippen molar-refractivity contribution in [3.8, 4) is 0 Å². The highest BCUT2D eigenvalue weighted by atomic mass is 32.2. The van der Waals surface area contributed by atoms with E-state index < -0.39 is 0 Å². The Morgan fingerprint density at radius 2 is 2.29 bits per heavy atom. The number of hydrogen-bond donors (Lipinski definition) is 1. The molecule has 0 aliphatic carbocycles. The highest BCUT2D eigenvalue weighted by Crippen LogP contribution is 2.08. The first-order valence-electron chi connectivity index (χ1n) is 5.65. The Morgan fingerprint density at radius 3 is 3.00 bits per heavy atom. The molecule has 1 unspecified atom stereocenters. The van der Waals surface area contributed by atoms with E-state index in [1.807, 2.05) is 11.8 Å². The molecule has 0 saturated heterocycles. The zero-order valence-corrected chi connectivity index (χ0v) is 10.2. The van der Waals surface area contributed by atoms with Gasteiger partial charge in [0.15, 0.2) is 0 Å². The summed E-state index contributed by atoms with van der Waals surface area (Å²) in [6, 6.07) is 0.613. The molecular formula is C11H22N2S. The van der Waals surface area contributed by atoms with Gasteiger partial charge in [0.1, 0.15) is 0 Å². The van der Waals surface area contributed by atoms with E-state index in [9.17, 15) is 0 Å². The molecular weight excluding hydrogens is 192 g/mol. The molecule has 14 heavy (non-hydrogen) atoms. The maximum atomic E-state index is 4.59. The molecule has 2 nitrogen and oxygen atoms in total. The van der Waals surface area contributed by atoms with E-state index >= 15 is 0 Å². The maximum absolute atomic E-state index is 4.59. The van der Waals surface area contributed by atoms with Gasteiger partial charge in [-0.2, -0.15) is 11.8 Å². The molecule has 0 amide bonds. The second-order valence-electron chi connectivity index (χ2n) is 3.84. The summed E-state index contributed by atoms with van der Waals surface area (Å²) in [5, 5.41) is 3.58. The number of nitrogens with one attached hydrogen (secondary N) is 1. The van der Waals surface area contributed by atoms with Crippen molar-refractivity contribution in [2.24, 2.45) is 4.99 Å². The van der Waals surface area contributed by atoms with E-state index in [2.05, 4.69) is 23.5 Å². The Labute approximate surface area is 92.0 Å². The van der Waals surface area contributed by atoms with Gasteiger partial charge in [0.05, 0.1) is 5.84 Å². The molecule has 1 heterocycles. The van der Waals surface area contributed by atoms with Gasteiger partial charge in [-0.25, -0.2) is 0 Å². The van der Waals surface area contributed by atoms with Gasteiger partial charge in [-0.3, -0.25) is 4.99 Å². The minimum absolute atomic E-state index is 0.613. The lowest BCUT2D eigenvalue weighted by Crippen LogP contribution is -2.36. The van der Waals surface area contributed by atoms with Gasteiger partial charge in [0.25, 0.3) is 0 Å². The number of rotatable bonds is 4. The van der Waals surface area contributed by atoms with E-state index in [4.69, 9.17) is 0 Å². The molecule has 0 aromatic heterocycles. The predicted molar refractivity (Wildman–Crippen MR) is 66.4 cm³/mol. The van der Waals surface area contributed by atoms with Gasteiger partial charge in [-0.15, -0.1) is 0 Å². The monoisotopic (exact) mass is 214 g/mol. The maximum Gasteiger partial charge on any atom is 0.0965 e. The first-order chi connectivity index (χ1) is 6.86. The first kappa shape index (κ1) is 11.9. The number of aliphatic imine (C=N–C) groups is 1. The fraction of sp³-hybridized carbons (Fsp3) is 0.909. The molecule has 0 bridgehead atoms. The number of hydrogen-bond acceptors (Lipinski definition) is 3. The van der Waals surface area contributed by atoms with Crippen LogP contribution in [0.25, 0.3) is 0 Å². The normalized spacial score (nSPS) is 19.7. The average Bonchev–Trinajstić information content (AvgIpc) is 2.45. The number of amidine groups is 1. The largest absolute Gasteiger partial charge is 0.370 e. The first-order valence-corrected chi connectivity index (χ1v) is 7.05. The fourth-order valence-corrected chi connectivity index (χ4v) is 2.41. The Morgan fingerprint density at radius 1 is 1.43 bits per heavy atom. The lowest BCUT2D eigenvalue weighted by Gasteiger charge is -2.18. The quantitative estimate of drug-likeness (QED) is 0.778. The third kappa shape index (κ3) is 4.36. The summed E-state index contributed by atoms with van der Waals surface area (Å²) < 4.78 is 0. The highest BCUT2D eigenvalue weighted by Gasteiger charge is 2.09. The van der Waals surface area contributed by atoms with Crippen molar-refractivity contribution in [2.45, 2.75) is 45.1 Å². The van der Waals surface area contributed by atoms with Gasteiger partial charge >= 0.3 is 0 Å². The average molecular weight is 214 g/mol. The number of nitrogens with zero attached hydrogens (tertiary/aromatic N) is 1.